The molecule has 0 saturated carbocycles. The Labute approximate surface area is 125 Å². The van der Waals surface area contributed by atoms with Gasteiger partial charge in [0, 0.05) is 18.2 Å². The molecular weight excluding hydrogens is 260 g/mol. The third kappa shape index (κ3) is 3.31. The maximum absolute atomic E-state index is 11.4. The summed E-state index contributed by atoms with van der Waals surface area (Å²) in [5, 5.41) is 2.90. The van der Waals surface area contributed by atoms with Crippen LogP contribution in [0.4, 0.5) is 5.69 Å². The molecule has 108 valence electrons. The number of fused-ring (bicyclic) bond motifs is 1. The van der Waals surface area contributed by atoms with Crippen LogP contribution in [0.1, 0.15) is 35.6 Å². The van der Waals surface area contributed by atoms with Gasteiger partial charge in [-0.1, -0.05) is 42.5 Å². The Hall–Kier alpha value is -2.13. The highest BCUT2D eigenvalue weighted by molar-refractivity contribution is 5.93. The lowest BCUT2D eigenvalue weighted by molar-refractivity contribution is -0.116. The van der Waals surface area contributed by atoms with Crippen LogP contribution in [0.5, 0.6) is 0 Å². The SMILES string of the molecule is NC(CCc1ccccc1)c1ccc2c(c1)CCC(=O)N2. The molecule has 0 radical (unpaired) electrons. The van der Waals surface area contributed by atoms with Crippen LogP contribution in [0.3, 0.4) is 0 Å². The lowest BCUT2D eigenvalue weighted by Crippen LogP contribution is -2.20. The van der Waals surface area contributed by atoms with E-state index in [0.717, 1.165) is 30.5 Å². The minimum absolute atomic E-state index is 0.0353. The molecule has 2 aromatic rings. The minimum Gasteiger partial charge on any atom is -0.326 e. The van der Waals surface area contributed by atoms with E-state index in [9.17, 15) is 4.79 Å². The van der Waals surface area contributed by atoms with Crippen LogP contribution in [0.2, 0.25) is 0 Å². The third-order valence-corrected chi connectivity index (χ3v) is 4.04. The van der Waals surface area contributed by atoms with Crippen molar-refractivity contribution in [3.63, 3.8) is 0 Å². The van der Waals surface area contributed by atoms with Crippen molar-refractivity contribution in [1.29, 1.82) is 0 Å². The Kier molecular flexibility index (Phi) is 4.02. The van der Waals surface area contributed by atoms with E-state index in [1.165, 1.54) is 11.1 Å². The number of hydrogen-bond acceptors (Lipinski definition) is 2. The van der Waals surface area contributed by atoms with Crippen LogP contribution in [-0.2, 0) is 17.6 Å². The number of anilines is 1. The highest BCUT2D eigenvalue weighted by Gasteiger charge is 2.16. The molecule has 0 spiro atoms. The fourth-order valence-electron chi connectivity index (χ4n) is 2.77. The summed E-state index contributed by atoms with van der Waals surface area (Å²) in [4.78, 5) is 11.4. The number of aryl methyl sites for hydroxylation is 2. The van der Waals surface area contributed by atoms with Gasteiger partial charge in [0.25, 0.3) is 0 Å². The number of nitrogens with one attached hydrogen (secondary N) is 1. The van der Waals surface area contributed by atoms with Crippen LogP contribution < -0.4 is 11.1 Å². The number of nitrogens with two attached hydrogens (primary N) is 1. The van der Waals surface area contributed by atoms with E-state index in [-0.39, 0.29) is 11.9 Å². The Bertz CT molecular complexity index is 637. The van der Waals surface area contributed by atoms with Gasteiger partial charge in [-0.25, -0.2) is 0 Å². The molecule has 0 saturated heterocycles. The largest absolute Gasteiger partial charge is 0.326 e. The molecule has 0 aliphatic carbocycles. The van der Waals surface area contributed by atoms with E-state index >= 15 is 0 Å². The summed E-state index contributed by atoms with van der Waals surface area (Å²) in [5.74, 6) is 0.101. The fourth-order valence-corrected chi connectivity index (χ4v) is 2.77. The van der Waals surface area contributed by atoms with Gasteiger partial charge in [-0.3, -0.25) is 4.79 Å². The maximum atomic E-state index is 11.4. The average molecular weight is 280 g/mol. The molecule has 3 rings (SSSR count). The van der Waals surface area contributed by atoms with Gasteiger partial charge in [0.05, 0.1) is 0 Å². The topological polar surface area (TPSA) is 55.1 Å². The molecule has 0 fully saturated rings. The molecule has 0 aromatic heterocycles. The number of benzene rings is 2. The molecule has 3 heteroatoms. The van der Waals surface area contributed by atoms with Crippen LogP contribution in [0, 0.1) is 0 Å². The molecule has 1 unspecified atom stereocenters. The summed E-state index contributed by atoms with van der Waals surface area (Å²) >= 11 is 0. The van der Waals surface area contributed by atoms with Crippen molar-refractivity contribution in [2.45, 2.75) is 31.7 Å². The molecule has 1 amide bonds. The molecule has 3 nitrogen and oxygen atoms in total. The van der Waals surface area contributed by atoms with Crippen molar-refractivity contribution in [1.82, 2.24) is 0 Å². The molecule has 0 bridgehead atoms. The van der Waals surface area contributed by atoms with E-state index in [1.807, 2.05) is 18.2 Å². The first-order valence-electron chi connectivity index (χ1n) is 7.44. The molecule has 1 aliphatic rings. The van der Waals surface area contributed by atoms with Crippen molar-refractivity contribution >= 4 is 11.6 Å². The van der Waals surface area contributed by atoms with Crippen LogP contribution in [0.15, 0.2) is 48.5 Å². The standard InChI is InChI=1S/C18H20N2O/c19-16(9-6-13-4-2-1-3-5-13)14-7-10-17-15(12-14)8-11-18(21)20-17/h1-5,7,10,12,16H,6,8-9,11,19H2,(H,20,21). The Balaban J connectivity index is 1.67. The van der Waals surface area contributed by atoms with E-state index in [4.69, 9.17) is 5.73 Å². The van der Waals surface area contributed by atoms with Crippen LogP contribution in [0.25, 0.3) is 0 Å². The quantitative estimate of drug-likeness (QED) is 0.903. The number of carbonyl (C=O) groups is 1. The number of amides is 1. The maximum Gasteiger partial charge on any atom is 0.224 e. The van der Waals surface area contributed by atoms with Gasteiger partial charge in [-0.15, -0.1) is 0 Å². The van der Waals surface area contributed by atoms with Gasteiger partial charge in [0.2, 0.25) is 5.91 Å². The monoisotopic (exact) mass is 280 g/mol. The van der Waals surface area contributed by atoms with Gasteiger partial charge < -0.3 is 11.1 Å². The first kappa shape index (κ1) is 13.8. The fraction of sp³-hybridized carbons (Fsp3) is 0.278. The van der Waals surface area contributed by atoms with Crippen molar-refractivity contribution < 1.29 is 4.79 Å². The van der Waals surface area contributed by atoms with Crippen molar-refractivity contribution in [2.24, 2.45) is 5.73 Å². The first-order valence-corrected chi connectivity index (χ1v) is 7.44. The van der Waals surface area contributed by atoms with E-state index < -0.39 is 0 Å². The van der Waals surface area contributed by atoms with Gasteiger partial charge in [0.15, 0.2) is 0 Å². The first-order chi connectivity index (χ1) is 10.2. The van der Waals surface area contributed by atoms with Crippen LogP contribution in [-0.4, -0.2) is 5.91 Å². The predicted octanol–water partition coefficient (Wildman–Crippen LogP) is 3.20. The molecule has 1 atom stereocenters. The lowest BCUT2D eigenvalue weighted by Gasteiger charge is -2.19. The zero-order chi connectivity index (χ0) is 14.7. The number of rotatable bonds is 4. The number of hydrogen-bond donors (Lipinski definition) is 2. The van der Waals surface area contributed by atoms with Gasteiger partial charge in [-0.2, -0.15) is 0 Å². The third-order valence-electron chi connectivity index (χ3n) is 4.04. The van der Waals surface area contributed by atoms with Crippen molar-refractivity contribution in [2.75, 3.05) is 5.32 Å². The van der Waals surface area contributed by atoms with E-state index in [2.05, 4.69) is 35.6 Å². The van der Waals surface area contributed by atoms with Gasteiger partial charge in [-0.05, 0) is 42.0 Å². The highest BCUT2D eigenvalue weighted by atomic mass is 16.1. The average Bonchev–Trinajstić information content (AvgIpc) is 2.53. The molecule has 2 aromatic carbocycles. The summed E-state index contributed by atoms with van der Waals surface area (Å²) in [5.41, 5.74) is 10.9. The van der Waals surface area contributed by atoms with Crippen molar-refractivity contribution in [3.05, 3.63) is 65.2 Å². The molecule has 21 heavy (non-hydrogen) atoms. The number of carbonyl (C=O) groups excluding carboxylic acids is 1. The summed E-state index contributed by atoms with van der Waals surface area (Å²) in [7, 11) is 0. The highest BCUT2D eigenvalue weighted by Crippen LogP contribution is 2.26. The van der Waals surface area contributed by atoms with Gasteiger partial charge >= 0.3 is 0 Å². The van der Waals surface area contributed by atoms with E-state index in [1.54, 1.807) is 0 Å². The molecular formula is C18H20N2O. The lowest BCUT2D eigenvalue weighted by atomic mass is 9.95. The van der Waals surface area contributed by atoms with Crippen LogP contribution >= 0.6 is 0 Å². The van der Waals surface area contributed by atoms with Gasteiger partial charge in [0.1, 0.15) is 0 Å². The normalized spacial score (nSPS) is 15.2. The summed E-state index contributed by atoms with van der Waals surface area (Å²) < 4.78 is 0. The van der Waals surface area contributed by atoms with Crippen molar-refractivity contribution in [3.8, 4) is 0 Å². The van der Waals surface area contributed by atoms with E-state index in [0.29, 0.717) is 6.42 Å². The second-order valence-corrected chi connectivity index (χ2v) is 5.60. The molecule has 1 aliphatic heterocycles. The summed E-state index contributed by atoms with van der Waals surface area (Å²) in [6, 6.07) is 16.6. The molecule has 3 N–H and O–H groups in total. The zero-order valence-electron chi connectivity index (χ0n) is 12.0. The zero-order valence-corrected chi connectivity index (χ0v) is 12.0. The smallest absolute Gasteiger partial charge is 0.224 e. The second kappa shape index (κ2) is 6.10. The Morgan fingerprint density at radius 1 is 1.10 bits per heavy atom. The second-order valence-electron chi connectivity index (χ2n) is 5.60. The molecule has 1 heterocycles. The Morgan fingerprint density at radius 2 is 1.90 bits per heavy atom. The summed E-state index contributed by atoms with van der Waals surface area (Å²) in [6.07, 6.45) is 3.28. The summed E-state index contributed by atoms with van der Waals surface area (Å²) in [6.45, 7) is 0. The minimum atomic E-state index is 0.0353. The predicted molar refractivity (Wildman–Crippen MR) is 85.1 cm³/mol. The Morgan fingerprint density at radius 3 is 2.71 bits per heavy atom.